The molecule has 17 nitrogen and oxygen atoms in total. The lowest BCUT2D eigenvalue weighted by Gasteiger charge is -2.21. The molecule has 0 bridgehead atoms. The summed E-state index contributed by atoms with van der Waals surface area (Å²) in [6.07, 6.45) is 36.2. The van der Waals surface area contributed by atoms with Gasteiger partial charge >= 0.3 is 39.5 Å². The zero-order chi connectivity index (χ0) is 63.2. The van der Waals surface area contributed by atoms with E-state index in [0.29, 0.717) is 31.6 Å². The van der Waals surface area contributed by atoms with Crippen molar-refractivity contribution in [2.24, 2.45) is 23.7 Å². The van der Waals surface area contributed by atoms with E-state index in [4.69, 9.17) is 37.0 Å². The van der Waals surface area contributed by atoms with Crippen molar-refractivity contribution < 1.29 is 80.2 Å². The summed E-state index contributed by atoms with van der Waals surface area (Å²) in [6.45, 7) is 14.0. The first-order chi connectivity index (χ1) is 40.7. The van der Waals surface area contributed by atoms with Crippen LogP contribution >= 0.6 is 15.6 Å². The lowest BCUT2D eigenvalue weighted by Crippen LogP contribution is -2.30. The average molecular weight is 1260 g/mol. The van der Waals surface area contributed by atoms with Gasteiger partial charge in [0, 0.05) is 25.7 Å². The van der Waals surface area contributed by atoms with Gasteiger partial charge in [0.1, 0.15) is 19.3 Å². The SMILES string of the molecule is CCC(C)CCCCCCCCCCC(=O)OC[C@H](COP(=O)(O)OC[C@@H](O)COP(=O)(O)OC[C@@H](COC(=O)CCCCCCCCC(C)C)OC(=O)CCCCCCCCCCC(C)CC)OC(=O)CCCCCCCCCCC(C)CC. The molecule has 0 aromatic rings. The standard InChI is InChI=1S/C66H128O17P2/c1-9-57(6)43-35-27-18-12-15-21-30-38-46-63(68)76-52-61(82-65(70)48-40-32-22-16-13-19-28-36-44-58(7)10-2)54-80-84(72,73)78-50-60(67)51-79-85(74,75)81-55-62(53-77-64(69)47-39-31-25-24-26-34-42-56(4)5)83-66(71)49-41-33-23-17-14-20-29-37-45-59(8)11-3/h56-62,67H,9-55H2,1-8H3,(H,72,73)(H,74,75)/t57?,58?,59?,60-,61-,62-/m1/s1. The quantitative estimate of drug-likeness (QED) is 0.0222. The number of aliphatic hydroxyl groups is 1. The van der Waals surface area contributed by atoms with Gasteiger partial charge in [0.05, 0.1) is 26.4 Å². The summed E-state index contributed by atoms with van der Waals surface area (Å²) in [6, 6.07) is 0. The Balaban J connectivity index is 5.27. The Morgan fingerprint density at radius 1 is 0.329 bits per heavy atom. The first kappa shape index (κ1) is 83.1. The van der Waals surface area contributed by atoms with Crippen LogP contribution < -0.4 is 0 Å². The molecule has 0 aliphatic rings. The van der Waals surface area contributed by atoms with Gasteiger partial charge in [-0.1, -0.05) is 267 Å². The van der Waals surface area contributed by atoms with E-state index >= 15 is 0 Å². The molecule has 0 heterocycles. The summed E-state index contributed by atoms with van der Waals surface area (Å²) in [4.78, 5) is 72.3. The highest BCUT2D eigenvalue weighted by Crippen LogP contribution is 2.45. The van der Waals surface area contributed by atoms with Crippen LogP contribution in [0.1, 0.15) is 319 Å². The molecule has 19 heteroatoms. The Morgan fingerprint density at radius 2 is 0.565 bits per heavy atom. The van der Waals surface area contributed by atoms with E-state index in [9.17, 15) is 43.2 Å². The number of aliphatic hydroxyl groups excluding tert-OH is 1. The summed E-state index contributed by atoms with van der Waals surface area (Å²) in [5.41, 5.74) is 0. The number of carbonyl (C=O) groups is 4. The fourth-order valence-electron chi connectivity index (χ4n) is 9.69. The van der Waals surface area contributed by atoms with Crippen LogP contribution in [-0.2, 0) is 65.4 Å². The van der Waals surface area contributed by atoms with E-state index in [1.807, 2.05) is 0 Å². The normalized spacial score (nSPS) is 15.3. The Kier molecular flexibility index (Phi) is 54.8. The zero-order valence-electron chi connectivity index (χ0n) is 55.2. The molecule has 0 aromatic heterocycles. The van der Waals surface area contributed by atoms with Gasteiger partial charge in [0.25, 0.3) is 0 Å². The second-order valence-electron chi connectivity index (χ2n) is 25.1. The first-order valence-electron chi connectivity index (χ1n) is 34.3. The first-order valence-corrected chi connectivity index (χ1v) is 37.3. The Morgan fingerprint density at radius 3 is 0.835 bits per heavy atom. The minimum Gasteiger partial charge on any atom is -0.462 e. The van der Waals surface area contributed by atoms with Gasteiger partial charge in [0.15, 0.2) is 12.2 Å². The molecule has 504 valence electrons. The predicted octanol–water partition coefficient (Wildman–Crippen LogP) is 18.1. The highest BCUT2D eigenvalue weighted by Gasteiger charge is 2.30. The maximum Gasteiger partial charge on any atom is 0.472 e. The zero-order valence-corrected chi connectivity index (χ0v) is 57.0. The van der Waals surface area contributed by atoms with Crippen LogP contribution in [0.5, 0.6) is 0 Å². The summed E-state index contributed by atoms with van der Waals surface area (Å²) < 4.78 is 68.1. The predicted molar refractivity (Wildman–Crippen MR) is 340 cm³/mol. The van der Waals surface area contributed by atoms with Crippen molar-refractivity contribution in [3.63, 3.8) is 0 Å². The number of hydrogen-bond acceptors (Lipinski definition) is 15. The summed E-state index contributed by atoms with van der Waals surface area (Å²) in [5, 5.41) is 10.6. The van der Waals surface area contributed by atoms with Crippen molar-refractivity contribution in [2.75, 3.05) is 39.6 Å². The van der Waals surface area contributed by atoms with Gasteiger partial charge in [0.2, 0.25) is 0 Å². The molecular formula is C66H128O17P2. The minimum absolute atomic E-state index is 0.103. The van der Waals surface area contributed by atoms with Gasteiger partial charge in [-0.3, -0.25) is 37.3 Å². The van der Waals surface area contributed by atoms with Crippen LogP contribution in [0.4, 0.5) is 0 Å². The maximum absolute atomic E-state index is 13.0. The van der Waals surface area contributed by atoms with Crippen LogP contribution in [0.15, 0.2) is 0 Å². The van der Waals surface area contributed by atoms with Crippen LogP contribution in [0.2, 0.25) is 0 Å². The van der Waals surface area contributed by atoms with E-state index in [1.165, 1.54) is 116 Å². The summed E-state index contributed by atoms with van der Waals surface area (Å²) >= 11 is 0. The lowest BCUT2D eigenvalue weighted by atomic mass is 9.99. The van der Waals surface area contributed by atoms with Gasteiger partial charge < -0.3 is 33.8 Å². The minimum atomic E-state index is -4.95. The molecule has 0 aliphatic carbocycles. The van der Waals surface area contributed by atoms with E-state index < -0.39 is 97.5 Å². The second kappa shape index (κ2) is 56.1. The topological polar surface area (TPSA) is 237 Å². The number of phosphoric acid groups is 2. The molecule has 0 radical (unpaired) electrons. The molecule has 0 amide bonds. The molecule has 0 saturated carbocycles. The number of carbonyl (C=O) groups excluding carboxylic acids is 4. The third kappa shape index (κ3) is 57.0. The summed E-state index contributed by atoms with van der Waals surface area (Å²) in [5.74, 6) is 0.857. The molecule has 5 unspecified atom stereocenters. The van der Waals surface area contributed by atoms with Crippen molar-refractivity contribution in [1.82, 2.24) is 0 Å². The number of unbranched alkanes of at least 4 members (excludes halogenated alkanes) is 26. The molecular weight excluding hydrogens is 1130 g/mol. The number of rotatable bonds is 63. The third-order valence-electron chi connectivity index (χ3n) is 16.2. The molecule has 0 aliphatic heterocycles. The van der Waals surface area contributed by atoms with Gasteiger partial charge in [-0.15, -0.1) is 0 Å². The van der Waals surface area contributed by atoms with Gasteiger partial charge in [-0.2, -0.15) is 0 Å². The van der Waals surface area contributed by atoms with Crippen LogP contribution in [0.25, 0.3) is 0 Å². The van der Waals surface area contributed by atoms with Crippen molar-refractivity contribution in [3.05, 3.63) is 0 Å². The average Bonchev–Trinajstić information content (AvgIpc) is 3.47. The summed E-state index contributed by atoms with van der Waals surface area (Å²) in [7, 11) is -9.89. The number of hydrogen-bond donors (Lipinski definition) is 3. The van der Waals surface area contributed by atoms with E-state index in [1.54, 1.807) is 0 Å². The van der Waals surface area contributed by atoms with E-state index in [2.05, 4.69) is 55.4 Å². The number of esters is 4. The molecule has 0 aromatic carbocycles. The molecule has 0 saturated heterocycles. The molecule has 85 heavy (non-hydrogen) atoms. The highest BCUT2D eigenvalue weighted by molar-refractivity contribution is 7.47. The largest absolute Gasteiger partial charge is 0.472 e. The molecule has 3 N–H and O–H groups in total. The maximum atomic E-state index is 13.0. The van der Waals surface area contributed by atoms with Gasteiger partial charge in [-0.25, -0.2) is 9.13 Å². The number of phosphoric ester groups is 2. The van der Waals surface area contributed by atoms with E-state index in [0.717, 1.165) is 114 Å². The number of ether oxygens (including phenoxy) is 4. The fourth-order valence-corrected chi connectivity index (χ4v) is 11.3. The molecule has 8 atom stereocenters. The molecule has 0 spiro atoms. The van der Waals surface area contributed by atoms with Gasteiger partial charge in [-0.05, 0) is 49.4 Å². The van der Waals surface area contributed by atoms with Crippen LogP contribution in [0.3, 0.4) is 0 Å². The molecule has 0 rings (SSSR count). The Bertz CT molecular complexity index is 1700. The third-order valence-corrected chi connectivity index (χ3v) is 18.1. The smallest absolute Gasteiger partial charge is 0.462 e. The van der Waals surface area contributed by atoms with Crippen LogP contribution in [0, 0.1) is 23.7 Å². The van der Waals surface area contributed by atoms with Crippen molar-refractivity contribution >= 4 is 39.5 Å². The fraction of sp³-hybridized carbons (Fsp3) is 0.939. The monoisotopic (exact) mass is 1250 g/mol. The van der Waals surface area contributed by atoms with E-state index in [-0.39, 0.29) is 25.7 Å². The van der Waals surface area contributed by atoms with Crippen LogP contribution in [-0.4, -0.2) is 96.7 Å². The van der Waals surface area contributed by atoms with Crippen molar-refractivity contribution in [3.8, 4) is 0 Å². The molecule has 0 fully saturated rings. The second-order valence-corrected chi connectivity index (χ2v) is 28.0. The van der Waals surface area contributed by atoms with Crippen molar-refractivity contribution in [1.29, 1.82) is 0 Å². The Hall–Kier alpha value is -1.94. The highest BCUT2D eigenvalue weighted by atomic mass is 31.2. The lowest BCUT2D eigenvalue weighted by molar-refractivity contribution is -0.161. The van der Waals surface area contributed by atoms with Crippen molar-refractivity contribution in [2.45, 2.75) is 337 Å². The Labute approximate surface area is 517 Å².